The number of hydrogen-bond donors (Lipinski definition) is 0. The number of benzene rings is 2. The van der Waals surface area contributed by atoms with Crippen molar-refractivity contribution in [3.05, 3.63) is 66.1 Å². The van der Waals surface area contributed by atoms with Crippen LogP contribution in [-0.4, -0.2) is 43.4 Å². The fourth-order valence-corrected chi connectivity index (χ4v) is 4.18. The summed E-state index contributed by atoms with van der Waals surface area (Å²) in [4.78, 5) is 29.2. The molecule has 1 aliphatic heterocycles. The van der Waals surface area contributed by atoms with Crippen LogP contribution in [0.4, 0.5) is 0 Å². The number of piperidine rings is 1. The van der Waals surface area contributed by atoms with E-state index in [0.29, 0.717) is 11.4 Å². The van der Waals surface area contributed by atoms with Crippen LogP contribution in [0.2, 0.25) is 0 Å². The number of fused-ring (bicyclic) bond motifs is 1. The van der Waals surface area contributed by atoms with E-state index >= 15 is 0 Å². The number of aromatic nitrogens is 4. The molecule has 0 atom stereocenters. The number of aryl methyl sites for hydroxylation is 1. The third kappa shape index (κ3) is 3.58. The van der Waals surface area contributed by atoms with Gasteiger partial charge < -0.3 is 9.47 Å². The normalized spacial score (nSPS) is 14.2. The number of carbonyl (C=O) groups is 1. The van der Waals surface area contributed by atoms with Gasteiger partial charge >= 0.3 is 0 Å². The van der Waals surface area contributed by atoms with Gasteiger partial charge in [0.1, 0.15) is 11.5 Å². The van der Waals surface area contributed by atoms with E-state index in [1.54, 1.807) is 0 Å². The van der Waals surface area contributed by atoms with Gasteiger partial charge in [-0.3, -0.25) is 4.79 Å². The Balaban J connectivity index is 1.68. The number of imidazole rings is 1. The Kier molecular flexibility index (Phi) is 4.98. The highest BCUT2D eigenvalue weighted by Gasteiger charge is 2.20. The van der Waals surface area contributed by atoms with Crippen molar-refractivity contribution in [1.29, 1.82) is 0 Å². The predicted octanol–water partition coefficient (Wildman–Crippen LogP) is 4.63. The quantitative estimate of drug-likeness (QED) is 0.493. The van der Waals surface area contributed by atoms with Crippen molar-refractivity contribution in [1.82, 2.24) is 24.4 Å². The maximum atomic E-state index is 13.1. The van der Waals surface area contributed by atoms with Gasteiger partial charge in [0.05, 0.1) is 17.4 Å². The lowest BCUT2D eigenvalue weighted by Gasteiger charge is -2.26. The van der Waals surface area contributed by atoms with Gasteiger partial charge in [0, 0.05) is 36.7 Å². The molecule has 0 unspecified atom stereocenters. The standard InChI is InChI=1S/C25H25N5O/c1-17-26-16-22(29(17)2)23-20-12-11-19(25(31)30-13-7-4-8-14-30)15-21(20)27-24(28-23)18-9-5-3-6-10-18/h3,5-6,9-12,15-16H,4,7-8,13-14H2,1-2H3. The Morgan fingerprint density at radius 3 is 2.45 bits per heavy atom. The summed E-state index contributed by atoms with van der Waals surface area (Å²) < 4.78 is 2.03. The van der Waals surface area contributed by atoms with Crippen molar-refractivity contribution in [3.8, 4) is 22.8 Å². The number of carbonyl (C=O) groups excluding carboxylic acids is 1. The Morgan fingerprint density at radius 1 is 0.968 bits per heavy atom. The molecule has 6 nitrogen and oxygen atoms in total. The van der Waals surface area contributed by atoms with E-state index in [4.69, 9.17) is 9.97 Å². The molecule has 1 amide bonds. The summed E-state index contributed by atoms with van der Waals surface area (Å²) in [5.74, 6) is 1.64. The van der Waals surface area contributed by atoms with Gasteiger partial charge in [-0.25, -0.2) is 15.0 Å². The minimum absolute atomic E-state index is 0.0828. The Labute approximate surface area is 181 Å². The molecule has 2 aromatic carbocycles. The molecule has 156 valence electrons. The molecule has 0 N–H and O–H groups in total. The fourth-order valence-electron chi connectivity index (χ4n) is 4.18. The first-order chi connectivity index (χ1) is 15.1. The molecule has 1 aliphatic rings. The highest BCUT2D eigenvalue weighted by Crippen LogP contribution is 2.30. The van der Waals surface area contributed by atoms with E-state index in [0.717, 1.165) is 59.6 Å². The number of hydrogen-bond acceptors (Lipinski definition) is 4. The van der Waals surface area contributed by atoms with E-state index in [-0.39, 0.29) is 5.91 Å². The molecule has 1 fully saturated rings. The largest absolute Gasteiger partial charge is 0.339 e. The molecule has 0 radical (unpaired) electrons. The zero-order chi connectivity index (χ0) is 21.4. The van der Waals surface area contributed by atoms with E-state index in [9.17, 15) is 4.79 Å². The van der Waals surface area contributed by atoms with Crippen molar-refractivity contribution >= 4 is 16.8 Å². The van der Waals surface area contributed by atoms with Crippen LogP contribution in [0.1, 0.15) is 35.4 Å². The second kappa shape index (κ2) is 7.95. The summed E-state index contributed by atoms with van der Waals surface area (Å²) in [5.41, 5.74) is 4.14. The first-order valence-corrected chi connectivity index (χ1v) is 10.8. The topological polar surface area (TPSA) is 63.9 Å². The molecule has 5 rings (SSSR count). The molecular formula is C25H25N5O. The second-order valence-corrected chi connectivity index (χ2v) is 8.10. The molecule has 4 aromatic rings. The third-order valence-corrected chi connectivity index (χ3v) is 6.08. The van der Waals surface area contributed by atoms with Crippen LogP contribution in [0.3, 0.4) is 0 Å². The molecule has 0 spiro atoms. The number of likely N-dealkylation sites (tertiary alicyclic amines) is 1. The zero-order valence-electron chi connectivity index (χ0n) is 17.9. The zero-order valence-corrected chi connectivity index (χ0v) is 17.9. The summed E-state index contributed by atoms with van der Waals surface area (Å²) in [6.45, 7) is 3.63. The van der Waals surface area contributed by atoms with Gasteiger partial charge in [-0.2, -0.15) is 0 Å². The Morgan fingerprint density at radius 2 is 1.74 bits per heavy atom. The van der Waals surface area contributed by atoms with Gasteiger partial charge in [-0.1, -0.05) is 30.3 Å². The maximum absolute atomic E-state index is 13.1. The Hall–Kier alpha value is -3.54. The van der Waals surface area contributed by atoms with Crippen LogP contribution in [0.15, 0.2) is 54.7 Å². The smallest absolute Gasteiger partial charge is 0.253 e. The summed E-state index contributed by atoms with van der Waals surface area (Å²) >= 11 is 0. The summed E-state index contributed by atoms with van der Waals surface area (Å²) in [7, 11) is 1.99. The molecule has 3 heterocycles. The van der Waals surface area contributed by atoms with Crippen LogP contribution in [0, 0.1) is 6.92 Å². The molecule has 31 heavy (non-hydrogen) atoms. The van der Waals surface area contributed by atoms with E-state index in [1.807, 2.05) is 78.2 Å². The first-order valence-electron chi connectivity index (χ1n) is 10.8. The van der Waals surface area contributed by atoms with E-state index in [1.165, 1.54) is 6.42 Å². The number of nitrogens with zero attached hydrogens (tertiary/aromatic N) is 5. The molecule has 0 saturated carbocycles. The highest BCUT2D eigenvalue weighted by molar-refractivity contribution is 6.00. The monoisotopic (exact) mass is 411 g/mol. The Bertz CT molecular complexity index is 1260. The molecule has 2 aromatic heterocycles. The molecular weight excluding hydrogens is 386 g/mol. The molecule has 6 heteroatoms. The van der Waals surface area contributed by atoms with Crippen LogP contribution < -0.4 is 0 Å². The minimum atomic E-state index is 0.0828. The van der Waals surface area contributed by atoms with Gasteiger partial charge in [0.2, 0.25) is 0 Å². The van der Waals surface area contributed by atoms with E-state index < -0.39 is 0 Å². The van der Waals surface area contributed by atoms with Crippen molar-refractivity contribution in [3.63, 3.8) is 0 Å². The third-order valence-electron chi connectivity index (χ3n) is 6.08. The minimum Gasteiger partial charge on any atom is -0.339 e. The molecule has 1 saturated heterocycles. The van der Waals surface area contributed by atoms with Crippen molar-refractivity contribution < 1.29 is 4.79 Å². The van der Waals surface area contributed by atoms with Crippen molar-refractivity contribution in [2.45, 2.75) is 26.2 Å². The average Bonchev–Trinajstić information content (AvgIpc) is 3.16. The lowest BCUT2D eigenvalue weighted by Crippen LogP contribution is -2.35. The SMILES string of the molecule is Cc1ncc(-c2nc(-c3ccccc3)nc3cc(C(=O)N4CCCCC4)ccc23)n1C. The summed E-state index contributed by atoms with van der Waals surface area (Å²) in [6, 6.07) is 15.7. The van der Waals surface area contributed by atoms with Crippen molar-refractivity contribution in [2.24, 2.45) is 7.05 Å². The number of amides is 1. The van der Waals surface area contributed by atoms with Crippen LogP contribution in [0.5, 0.6) is 0 Å². The predicted molar refractivity (Wildman–Crippen MR) is 122 cm³/mol. The van der Waals surface area contributed by atoms with Crippen LogP contribution in [-0.2, 0) is 7.05 Å². The van der Waals surface area contributed by atoms with Crippen LogP contribution >= 0.6 is 0 Å². The van der Waals surface area contributed by atoms with Crippen LogP contribution in [0.25, 0.3) is 33.7 Å². The molecule has 0 bridgehead atoms. The maximum Gasteiger partial charge on any atom is 0.253 e. The van der Waals surface area contributed by atoms with Gasteiger partial charge in [-0.15, -0.1) is 0 Å². The van der Waals surface area contributed by atoms with Gasteiger partial charge in [-0.05, 0) is 44.4 Å². The van der Waals surface area contributed by atoms with E-state index in [2.05, 4.69) is 4.98 Å². The second-order valence-electron chi connectivity index (χ2n) is 8.10. The summed E-state index contributed by atoms with van der Waals surface area (Å²) in [6.07, 6.45) is 5.19. The lowest BCUT2D eigenvalue weighted by atomic mass is 10.1. The summed E-state index contributed by atoms with van der Waals surface area (Å²) in [5, 5.41) is 0.915. The van der Waals surface area contributed by atoms with Gasteiger partial charge in [0.25, 0.3) is 5.91 Å². The van der Waals surface area contributed by atoms with Gasteiger partial charge in [0.15, 0.2) is 5.82 Å². The highest BCUT2D eigenvalue weighted by atomic mass is 16.2. The van der Waals surface area contributed by atoms with Crippen molar-refractivity contribution in [2.75, 3.05) is 13.1 Å². The average molecular weight is 412 g/mol. The lowest BCUT2D eigenvalue weighted by molar-refractivity contribution is 0.0724. The number of rotatable bonds is 3. The molecule has 0 aliphatic carbocycles. The first kappa shape index (κ1) is 19.4. The fraction of sp³-hybridized carbons (Fsp3) is 0.280.